The van der Waals surface area contributed by atoms with Crippen LogP contribution in [0.1, 0.15) is 16.7 Å². The van der Waals surface area contributed by atoms with Crippen molar-refractivity contribution in [3.05, 3.63) is 89.5 Å². The van der Waals surface area contributed by atoms with Crippen molar-refractivity contribution in [3.8, 4) is 0 Å². The van der Waals surface area contributed by atoms with Crippen molar-refractivity contribution in [1.29, 1.82) is 0 Å². The normalized spacial score (nSPS) is 10.4. The number of urea groups is 1. The maximum Gasteiger partial charge on any atom is 0.315 e. The predicted octanol–water partition coefficient (Wildman–Crippen LogP) is 2.19. The Morgan fingerprint density at radius 3 is 2.38 bits per heavy atom. The number of carbonyl (C=O) groups is 2. The smallest absolute Gasteiger partial charge is 0.315 e. The second kappa shape index (κ2) is 10.0. The Kier molecular flexibility index (Phi) is 6.94. The minimum Gasteiger partial charge on any atom is -0.350 e. The third kappa shape index (κ3) is 6.46. The number of halogens is 1. The molecule has 8 heteroatoms. The molecule has 1 aromatic heterocycles. The molecule has 7 nitrogen and oxygen atoms in total. The minimum atomic E-state index is -0.469. The molecule has 0 aliphatic heterocycles. The highest BCUT2D eigenvalue weighted by Crippen LogP contribution is 2.10. The SMILES string of the molecule is O=C(CNC(=O)NCc1ccc(F)cc1)NCc1ccccc1Cn1cccn1. The Hall–Kier alpha value is -3.68. The number of nitrogens with zero attached hydrogens (tertiary/aromatic N) is 2. The molecule has 150 valence electrons. The van der Waals surface area contributed by atoms with Crippen LogP contribution in [0.4, 0.5) is 9.18 Å². The number of hydrogen-bond donors (Lipinski definition) is 3. The van der Waals surface area contributed by atoms with Crippen molar-refractivity contribution in [1.82, 2.24) is 25.7 Å². The van der Waals surface area contributed by atoms with E-state index in [1.54, 1.807) is 18.3 Å². The van der Waals surface area contributed by atoms with Crippen molar-refractivity contribution in [2.75, 3.05) is 6.54 Å². The lowest BCUT2D eigenvalue weighted by molar-refractivity contribution is -0.120. The molecule has 0 aliphatic rings. The largest absolute Gasteiger partial charge is 0.350 e. The monoisotopic (exact) mass is 395 g/mol. The molecular formula is C21H22FN5O2. The van der Waals surface area contributed by atoms with E-state index in [9.17, 15) is 14.0 Å². The molecule has 0 spiro atoms. The number of hydrogen-bond acceptors (Lipinski definition) is 3. The van der Waals surface area contributed by atoms with E-state index in [1.807, 2.05) is 41.2 Å². The van der Waals surface area contributed by atoms with Gasteiger partial charge in [-0.2, -0.15) is 5.10 Å². The first-order chi connectivity index (χ1) is 14.1. The highest BCUT2D eigenvalue weighted by atomic mass is 19.1. The Morgan fingerprint density at radius 2 is 1.66 bits per heavy atom. The molecule has 0 radical (unpaired) electrons. The Balaban J connectivity index is 1.41. The van der Waals surface area contributed by atoms with Gasteiger partial charge in [-0.1, -0.05) is 36.4 Å². The first kappa shape index (κ1) is 20.1. The molecular weight excluding hydrogens is 373 g/mol. The lowest BCUT2D eigenvalue weighted by atomic mass is 10.1. The summed E-state index contributed by atoms with van der Waals surface area (Å²) in [6, 6.07) is 15.0. The molecule has 3 aromatic rings. The number of carbonyl (C=O) groups excluding carboxylic acids is 2. The summed E-state index contributed by atoms with van der Waals surface area (Å²) < 4.78 is 14.7. The van der Waals surface area contributed by atoms with Crippen LogP contribution in [0.25, 0.3) is 0 Å². The van der Waals surface area contributed by atoms with Gasteiger partial charge < -0.3 is 16.0 Å². The summed E-state index contributed by atoms with van der Waals surface area (Å²) in [6.45, 7) is 1.07. The van der Waals surface area contributed by atoms with Gasteiger partial charge in [-0.3, -0.25) is 9.48 Å². The number of nitrogens with one attached hydrogen (secondary N) is 3. The topological polar surface area (TPSA) is 88.0 Å². The molecule has 0 fully saturated rings. The summed E-state index contributed by atoms with van der Waals surface area (Å²) >= 11 is 0. The highest BCUT2D eigenvalue weighted by molar-refractivity contribution is 5.83. The van der Waals surface area contributed by atoms with Crippen LogP contribution in [0, 0.1) is 5.82 Å². The van der Waals surface area contributed by atoms with E-state index >= 15 is 0 Å². The van der Waals surface area contributed by atoms with Gasteiger partial charge in [-0.15, -0.1) is 0 Å². The third-order valence-corrected chi connectivity index (χ3v) is 4.26. The van der Waals surface area contributed by atoms with Gasteiger partial charge in [-0.05, 0) is 34.9 Å². The fourth-order valence-corrected chi connectivity index (χ4v) is 2.72. The minimum absolute atomic E-state index is 0.142. The van der Waals surface area contributed by atoms with Crippen LogP contribution >= 0.6 is 0 Å². The molecule has 2 aromatic carbocycles. The molecule has 3 rings (SSSR count). The van der Waals surface area contributed by atoms with Gasteiger partial charge >= 0.3 is 6.03 Å². The molecule has 0 saturated heterocycles. The lowest BCUT2D eigenvalue weighted by Gasteiger charge is -2.12. The molecule has 0 unspecified atom stereocenters. The van der Waals surface area contributed by atoms with E-state index in [4.69, 9.17) is 0 Å². The van der Waals surface area contributed by atoms with Gasteiger partial charge in [0.25, 0.3) is 0 Å². The van der Waals surface area contributed by atoms with Gasteiger partial charge in [0.1, 0.15) is 5.82 Å². The summed E-state index contributed by atoms with van der Waals surface area (Å²) in [5.41, 5.74) is 2.80. The number of rotatable bonds is 8. The van der Waals surface area contributed by atoms with Crippen molar-refractivity contribution in [2.24, 2.45) is 0 Å². The fourth-order valence-electron chi connectivity index (χ4n) is 2.72. The van der Waals surface area contributed by atoms with E-state index in [1.165, 1.54) is 12.1 Å². The molecule has 3 N–H and O–H groups in total. The Morgan fingerprint density at radius 1 is 0.897 bits per heavy atom. The predicted molar refractivity (Wildman–Crippen MR) is 106 cm³/mol. The fraction of sp³-hybridized carbons (Fsp3) is 0.190. The molecule has 0 saturated carbocycles. The average Bonchev–Trinajstić information content (AvgIpc) is 3.24. The van der Waals surface area contributed by atoms with Crippen LogP contribution in [-0.2, 0) is 24.4 Å². The lowest BCUT2D eigenvalue weighted by Crippen LogP contribution is -2.41. The van der Waals surface area contributed by atoms with Crippen LogP contribution in [0.3, 0.4) is 0 Å². The summed E-state index contributed by atoms with van der Waals surface area (Å²) in [4.78, 5) is 23.9. The maximum atomic E-state index is 12.9. The molecule has 0 aliphatic carbocycles. The van der Waals surface area contributed by atoms with Crippen molar-refractivity contribution < 1.29 is 14.0 Å². The van der Waals surface area contributed by atoms with E-state index in [0.29, 0.717) is 13.1 Å². The van der Waals surface area contributed by atoms with E-state index in [0.717, 1.165) is 16.7 Å². The molecule has 3 amide bonds. The standard InChI is InChI=1S/C21H22FN5O2/c22-19-8-6-16(7-9-19)12-24-21(29)25-14-20(28)23-13-17-4-1-2-5-18(17)15-27-11-3-10-26-27/h1-11H,12-15H2,(H,23,28)(H2,24,25,29). The first-order valence-electron chi connectivity index (χ1n) is 9.17. The van der Waals surface area contributed by atoms with Crippen LogP contribution in [0.5, 0.6) is 0 Å². The summed E-state index contributed by atoms with van der Waals surface area (Å²) in [5, 5.41) is 12.1. The van der Waals surface area contributed by atoms with Crippen molar-refractivity contribution >= 4 is 11.9 Å². The maximum absolute atomic E-state index is 12.9. The summed E-state index contributed by atoms with van der Waals surface area (Å²) in [5.74, 6) is -0.628. The number of aromatic nitrogens is 2. The van der Waals surface area contributed by atoms with Crippen LogP contribution in [0.15, 0.2) is 67.0 Å². The summed E-state index contributed by atoms with van der Waals surface area (Å²) in [6.07, 6.45) is 3.60. The van der Waals surface area contributed by atoms with Gasteiger partial charge in [0, 0.05) is 25.5 Å². The second-order valence-corrected chi connectivity index (χ2v) is 6.41. The zero-order valence-electron chi connectivity index (χ0n) is 15.8. The van der Waals surface area contributed by atoms with E-state index in [-0.39, 0.29) is 24.8 Å². The highest BCUT2D eigenvalue weighted by Gasteiger charge is 2.08. The average molecular weight is 395 g/mol. The Labute approximate surface area is 167 Å². The zero-order chi connectivity index (χ0) is 20.5. The van der Waals surface area contributed by atoms with E-state index < -0.39 is 6.03 Å². The quantitative estimate of drug-likeness (QED) is 0.546. The van der Waals surface area contributed by atoms with Crippen LogP contribution < -0.4 is 16.0 Å². The van der Waals surface area contributed by atoms with Crippen LogP contribution in [0.2, 0.25) is 0 Å². The Bertz CT molecular complexity index is 942. The molecule has 0 atom stereocenters. The summed E-state index contributed by atoms with van der Waals surface area (Å²) in [7, 11) is 0. The number of benzene rings is 2. The van der Waals surface area contributed by atoms with E-state index in [2.05, 4.69) is 21.0 Å². The van der Waals surface area contributed by atoms with Gasteiger partial charge in [-0.25, -0.2) is 9.18 Å². The molecule has 29 heavy (non-hydrogen) atoms. The van der Waals surface area contributed by atoms with Crippen molar-refractivity contribution in [2.45, 2.75) is 19.6 Å². The third-order valence-electron chi connectivity index (χ3n) is 4.26. The van der Waals surface area contributed by atoms with Crippen LogP contribution in [-0.4, -0.2) is 28.3 Å². The molecule has 0 bridgehead atoms. The second-order valence-electron chi connectivity index (χ2n) is 6.41. The molecule has 1 heterocycles. The van der Waals surface area contributed by atoms with Gasteiger partial charge in [0.15, 0.2) is 0 Å². The van der Waals surface area contributed by atoms with Gasteiger partial charge in [0.05, 0.1) is 13.1 Å². The van der Waals surface area contributed by atoms with Crippen molar-refractivity contribution in [3.63, 3.8) is 0 Å². The first-order valence-corrected chi connectivity index (χ1v) is 9.17. The zero-order valence-corrected chi connectivity index (χ0v) is 15.8. The number of amides is 3. The van der Waals surface area contributed by atoms with Gasteiger partial charge in [0.2, 0.25) is 5.91 Å².